The number of rotatable bonds is 6. The van der Waals surface area contributed by atoms with Crippen molar-refractivity contribution in [2.45, 2.75) is 38.3 Å². The molecule has 1 aliphatic carbocycles. The number of aliphatic hydroxyl groups is 1. The fourth-order valence-corrected chi connectivity index (χ4v) is 2.74. The number of benzene rings is 1. The van der Waals surface area contributed by atoms with E-state index in [1.807, 2.05) is 30.3 Å². The third kappa shape index (κ3) is 4.56. The van der Waals surface area contributed by atoms with Crippen LogP contribution in [-0.4, -0.2) is 39.6 Å². The Labute approximate surface area is 124 Å². The summed E-state index contributed by atoms with van der Waals surface area (Å²) in [5.41, 5.74) is 0.981. The van der Waals surface area contributed by atoms with Gasteiger partial charge in [-0.2, -0.15) is 0 Å². The molecule has 0 aromatic heterocycles. The van der Waals surface area contributed by atoms with Crippen molar-refractivity contribution in [3.8, 4) is 0 Å². The first-order valence-electron chi connectivity index (χ1n) is 7.29. The van der Waals surface area contributed by atoms with Gasteiger partial charge in [0.1, 0.15) is 0 Å². The van der Waals surface area contributed by atoms with E-state index >= 15 is 0 Å². The van der Waals surface area contributed by atoms with Crippen LogP contribution in [0.2, 0.25) is 0 Å². The molecule has 1 aliphatic rings. The molecule has 21 heavy (non-hydrogen) atoms. The Morgan fingerprint density at radius 2 is 1.90 bits per heavy atom. The van der Waals surface area contributed by atoms with Crippen LogP contribution < -0.4 is 0 Å². The highest BCUT2D eigenvalue weighted by atomic mass is 16.4. The normalized spacial score (nSPS) is 21.2. The van der Waals surface area contributed by atoms with E-state index in [0.29, 0.717) is 25.8 Å². The Kier molecular flexibility index (Phi) is 5.33. The number of nitrogens with zero attached hydrogens (tertiary/aromatic N) is 1. The molecule has 0 radical (unpaired) electrons. The van der Waals surface area contributed by atoms with Gasteiger partial charge in [-0.15, -0.1) is 0 Å². The Balaban J connectivity index is 2.04. The van der Waals surface area contributed by atoms with Gasteiger partial charge in [0.15, 0.2) is 0 Å². The second kappa shape index (κ2) is 7.22. The predicted octanol–water partition coefficient (Wildman–Crippen LogP) is 1.65. The predicted molar refractivity (Wildman–Crippen MR) is 77.5 cm³/mol. The lowest BCUT2D eigenvalue weighted by Crippen LogP contribution is -2.36. The van der Waals surface area contributed by atoms with Gasteiger partial charge in [0, 0.05) is 19.0 Å². The summed E-state index contributed by atoms with van der Waals surface area (Å²) in [5, 5.41) is 18.4. The van der Waals surface area contributed by atoms with E-state index in [1.54, 1.807) is 4.90 Å². The van der Waals surface area contributed by atoms with E-state index in [2.05, 4.69) is 0 Å². The molecule has 5 nitrogen and oxygen atoms in total. The molecule has 0 aliphatic heterocycles. The zero-order valence-corrected chi connectivity index (χ0v) is 11.9. The number of hydrogen-bond donors (Lipinski definition) is 2. The number of carboxylic acids is 1. The van der Waals surface area contributed by atoms with Crippen molar-refractivity contribution in [2.75, 3.05) is 6.54 Å². The van der Waals surface area contributed by atoms with Crippen LogP contribution in [0.3, 0.4) is 0 Å². The largest absolute Gasteiger partial charge is 0.481 e. The molecule has 1 fully saturated rings. The second-order valence-electron chi connectivity index (χ2n) is 5.55. The van der Waals surface area contributed by atoms with Crippen molar-refractivity contribution >= 4 is 11.9 Å². The summed E-state index contributed by atoms with van der Waals surface area (Å²) in [5.74, 6) is -1.14. The highest BCUT2D eigenvalue weighted by molar-refractivity contribution is 5.79. The zero-order valence-electron chi connectivity index (χ0n) is 11.9. The average Bonchev–Trinajstić information content (AvgIpc) is 2.90. The van der Waals surface area contributed by atoms with Crippen LogP contribution in [0.1, 0.15) is 31.2 Å². The van der Waals surface area contributed by atoms with E-state index in [9.17, 15) is 14.7 Å². The molecule has 5 heteroatoms. The first-order valence-corrected chi connectivity index (χ1v) is 7.29. The van der Waals surface area contributed by atoms with Gasteiger partial charge in [0.25, 0.3) is 0 Å². The molecule has 1 saturated carbocycles. The number of hydrogen-bond acceptors (Lipinski definition) is 3. The highest BCUT2D eigenvalue weighted by Crippen LogP contribution is 2.27. The molecular formula is C16H21NO4. The maximum atomic E-state index is 12.5. The first-order chi connectivity index (χ1) is 10.1. The van der Waals surface area contributed by atoms with Crippen molar-refractivity contribution in [3.05, 3.63) is 35.9 Å². The fraction of sp³-hybridized carbons (Fsp3) is 0.500. The van der Waals surface area contributed by atoms with Crippen LogP contribution in [0, 0.1) is 5.92 Å². The van der Waals surface area contributed by atoms with Gasteiger partial charge in [-0.1, -0.05) is 30.3 Å². The molecule has 0 bridgehead atoms. The Morgan fingerprint density at radius 1 is 1.19 bits per heavy atom. The van der Waals surface area contributed by atoms with Crippen LogP contribution in [0.15, 0.2) is 30.3 Å². The summed E-state index contributed by atoms with van der Waals surface area (Å²) >= 11 is 0. The summed E-state index contributed by atoms with van der Waals surface area (Å²) in [6, 6.07) is 9.54. The van der Waals surface area contributed by atoms with Gasteiger partial charge in [-0.05, 0) is 24.8 Å². The van der Waals surface area contributed by atoms with E-state index in [-0.39, 0.29) is 24.8 Å². The minimum absolute atomic E-state index is 0.0448. The topological polar surface area (TPSA) is 77.8 Å². The lowest BCUT2D eigenvalue weighted by molar-refractivity contribution is -0.140. The van der Waals surface area contributed by atoms with Crippen molar-refractivity contribution in [1.82, 2.24) is 4.90 Å². The number of carboxylic acid groups (broad SMARTS) is 1. The summed E-state index contributed by atoms with van der Waals surface area (Å²) in [6.45, 7) is 0.620. The molecule has 1 aromatic carbocycles. The molecule has 0 saturated heterocycles. The summed E-state index contributed by atoms with van der Waals surface area (Å²) < 4.78 is 0. The minimum atomic E-state index is -0.910. The Bertz CT molecular complexity index is 488. The van der Waals surface area contributed by atoms with Crippen LogP contribution >= 0.6 is 0 Å². The fourth-order valence-electron chi connectivity index (χ4n) is 2.74. The molecule has 0 heterocycles. The van der Waals surface area contributed by atoms with Crippen LogP contribution in [0.5, 0.6) is 0 Å². The molecule has 2 unspecified atom stereocenters. The van der Waals surface area contributed by atoms with Crippen LogP contribution in [0.4, 0.5) is 0 Å². The lowest BCUT2D eigenvalue weighted by Gasteiger charge is -2.25. The summed E-state index contributed by atoms with van der Waals surface area (Å²) in [4.78, 5) is 24.9. The van der Waals surface area contributed by atoms with E-state index in [4.69, 9.17) is 5.11 Å². The van der Waals surface area contributed by atoms with Crippen LogP contribution in [-0.2, 0) is 16.1 Å². The third-order valence-corrected chi connectivity index (χ3v) is 3.88. The lowest BCUT2D eigenvalue weighted by atomic mass is 10.1. The average molecular weight is 291 g/mol. The number of carbonyl (C=O) groups excluding carboxylic acids is 1. The summed E-state index contributed by atoms with van der Waals surface area (Å²) in [6.07, 6.45) is 1.34. The number of carbonyl (C=O) groups is 2. The van der Waals surface area contributed by atoms with Crippen molar-refractivity contribution in [2.24, 2.45) is 5.92 Å². The molecule has 1 amide bonds. The number of aliphatic hydroxyl groups excluding tert-OH is 1. The number of amides is 1. The van der Waals surface area contributed by atoms with Crippen molar-refractivity contribution in [1.29, 1.82) is 0 Å². The second-order valence-corrected chi connectivity index (χ2v) is 5.55. The highest BCUT2D eigenvalue weighted by Gasteiger charge is 2.31. The summed E-state index contributed by atoms with van der Waals surface area (Å²) in [7, 11) is 0. The molecular weight excluding hydrogens is 270 g/mol. The van der Waals surface area contributed by atoms with Gasteiger partial charge in [-0.3, -0.25) is 9.59 Å². The monoisotopic (exact) mass is 291 g/mol. The SMILES string of the molecule is O=C(O)CCN(Cc1ccccc1)C(=O)C1CCC(O)C1. The number of aliphatic carboxylic acids is 1. The molecule has 114 valence electrons. The van der Waals surface area contributed by atoms with E-state index in [0.717, 1.165) is 5.56 Å². The molecule has 2 rings (SSSR count). The van der Waals surface area contributed by atoms with Gasteiger partial charge >= 0.3 is 5.97 Å². The van der Waals surface area contributed by atoms with Crippen molar-refractivity contribution < 1.29 is 19.8 Å². The smallest absolute Gasteiger partial charge is 0.305 e. The maximum Gasteiger partial charge on any atom is 0.305 e. The molecule has 2 atom stereocenters. The van der Waals surface area contributed by atoms with Crippen LogP contribution in [0.25, 0.3) is 0 Å². The van der Waals surface area contributed by atoms with Gasteiger partial charge in [0.2, 0.25) is 5.91 Å². The molecule has 2 N–H and O–H groups in total. The Hall–Kier alpha value is -1.88. The third-order valence-electron chi connectivity index (χ3n) is 3.88. The maximum absolute atomic E-state index is 12.5. The zero-order chi connectivity index (χ0) is 15.2. The molecule has 0 spiro atoms. The van der Waals surface area contributed by atoms with Gasteiger partial charge in [0.05, 0.1) is 12.5 Å². The Morgan fingerprint density at radius 3 is 2.48 bits per heavy atom. The minimum Gasteiger partial charge on any atom is -0.481 e. The van der Waals surface area contributed by atoms with Gasteiger partial charge in [-0.25, -0.2) is 0 Å². The standard InChI is InChI=1S/C16H21NO4/c18-14-7-6-13(10-14)16(21)17(9-8-15(19)20)11-12-4-2-1-3-5-12/h1-5,13-14,18H,6-11H2,(H,19,20). The first kappa shape index (κ1) is 15.5. The van der Waals surface area contributed by atoms with E-state index in [1.165, 1.54) is 0 Å². The molecule has 1 aromatic rings. The van der Waals surface area contributed by atoms with E-state index < -0.39 is 12.1 Å². The van der Waals surface area contributed by atoms with Gasteiger partial charge < -0.3 is 15.1 Å². The quantitative estimate of drug-likeness (QED) is 0.835. The van der Waals surface area contributed by atoms with Crippen molar-refractivity contribution in [3.63, 3.8) is 0 Å².